The molecule has 4 aliphatic rings. The van der Waals surface area contributed by atoms with Crippen LogP contribution in [0.1, 0.15) is 91.9 Å². The first-order chi connectivity index (χ1) is 14.6. The lowest BCUT2D eigenvalue weighted by Gasteiger charge is -2.57. The minimum atomic E-state index is -0.689. The van der Waals surface area contributed by atoms with Crippen molar-refractivity contribution in [2.24, 2.45) is 46.3 Å². The largest absolute Gasteiger partial charge is 0.481 e. The second-order valence-electron chi connectivity index (χ2n) is 12.0. The minimum Gasteiger partial charge on any atom is -0.481 e. The molecule has 174 valence electrons. The lowest BCUT2D eigenvalue weighted by atomic mass is 9.46. The van der Waals surface area contributed by atoms with E-state index >= 15 is 0 Å². The summed E-state index contributed by atoms with van der Waals surface area (Å²) in [5, 5.41) is 19.3. The highest BCUT2D eigenvalue weighted by atomic mass is 16.4. The highest BCUT2D eigenvalue weighted by Crippen LogP contribution is 2.66. The number of ketones is 1. The Hall–Kier alpha value is -1.16. The molecular formula is C27H42O4. The van der Waals surface area contributed by atoms with Gasteiger partial charge in [-0.1, -0.05) is 46.1 Å². The molecule has 0 aliphatic heterocycles. The lowest BCUT2D eigenvalue weighted by molar-refractivity contribution is -0.141. The molecule has 0 unspecified atom stereocenters. The van der Waals surface area contributed by atoms with Crippen LogP contribution < -0.4 is 0 Å². The normalized spacial score (nSPS) is 44.0. The number of carbonyl (C=O) groups is 2. The Labute approximate surface area is 187 Å². The number of carboxylic acid groups (broad SMARTS) is 1. The topological polar surface area (TPSA) is 74.6 Å². The number of aliphatic hydroxyl groups excluding tert-OH is 1. The second kappa shape index (κ2) is 8.32. The second-order valence-corrected chi connectivity index (χ2v) is 12.0. The van der Waals surface area contributed by atoms with Crippen molar-refractivity contribution in [3.8, 4) is 0 Å². The van der Waals surface area contributed by atoms with Crippen LogP contribution >= 0.6 is 0 Å². The average Bonchev–Trinajstić information content (AvgIpc) is 3.06. The third-order valence-electron chi connectivity index (χ3n) is 10.4. The highest BCUT2D eigenvalue weighted by Gasteiger charge is 2.61. The van der Waals surface area contributed by atoms with Crippen LogP contribution in [0.25, 0.3) is 0 Å². The molecule has 3 fully saturated rings. The van der Waals surface area contributed by atoms with Gasteiger partial charge in [0.15, 0.2) is 5.78 Å². The first kappa shape index (κ1) is 23.0. The van der Waals surface area contributed by atoms with Crippen LogP contribution in [0.5, 0.6) is 0 Å². The molecule has 4 heteroatoms. The van der Waals surface area contributed by atoms with E-state index in [1.165, 1.54) is 18.4 Å². The van der Waals surface area contributed by atoms with Crippen molar-refractivity contribution in [2.75, 3.05) is 0 Å². The van der Waals surface area contributed by atoms with Gasteiger partial charge in [-0.15, -0.1) is 0 Å². The van der Waals surface area contributed by atoms with E-state index in [0.29, 0.717) is 35.9 Å². The number of aliphatic carboxylic acids is 1. The Morgan fingerprint density at radius 2 is 1.84 bits per heavy atom. The Balaban J connectivity index is 1.49. The van der Waals surface area contributed by atoms with Gasteiger partial charge in [0.25, 0.3) is 0 Å². The molecule has 3 saturated carbocycles. The van der Waals surface area contributed by atoms with Crippen molar-refractivity contribution in [3.63, 3.8) is 0 Å². The number of fused-ring (bicyclic) bond motifs is 5. The summed E-state index contributed by atoms with van der Waals surface area (Å²) in [5.41, 5.74) is 1.54. The fraction of sp³-hybridized carbons (Fsp3) is 0.852. The molecule has 0 saturated heterocycles. The fourth-order valence-electron chi connectivity index (χ4n) is 8.43. The molecule has 9 atom stereocenters. The van der Waals surface area contributed by atoms with Crippen molar-refractivity contribution in [1.82, 2.24) is 0 Å². The summed E-state index contributed by atoms with van der Waals surface area (Å²) in [4.78, 5) is 24.5. The van der Waals surface area contributed by atoms with Crippen molar-refractivity contribution in [1.29, 1.82) is 0 Å². The molecule has 31 heavy (non-hydrogen) atoms. The number of carboxylic acids is 1. The van der Waals surface area contributed by atoms with Crippen molar-refractivity contribution < 1.29 is 19.8 Å². The van der Waals surface area contributed by atoms with Crippen LogP contribution in [0.2, 0.25) is 0 Å². The first-order valence-electron chi connectivity index (χ1n) is 12.7. The number of allylic oxidation sites excluding steroid dienone is 1. The Bertz CT molecular complexity index is 756. The van der Waals surface area contributed by atoms with Gasteiger partial charge in [-0.25, -0.2) is 0 Å². The van der Waals surface area contributed by atoms with E-state index in [1.54, 1.807) is 0 Å². The van der Waals surface area contributed by atoms with E-state index in [2.05, 4.69) is 20.8 Å². The highest BCUT2D eigenvalue weighted by molar-refractivity contribution is 5.94. The summed E-state index contributed by atoms with van der Waals surface area (Å²) in [6, 6.07) is 0. The third kappa shape index (κ3) is 3.81. The minimum absolute atomic E-state index is 0.0931. The van der Waals surface area contributed by atoms with Crippen LogP contribution in [0.15, 0.2) is 11.6 Å². The summed E-state index contributed by atoms with van der Waals surface area (Å²) in [7, 11) is 0. The van der Waals surface area contributed by atoms with E-state index in [1.807, 2.05) is 13.0 Å². The molecule has 0 bridgehead atoms. The van der Waals surface area contributed by atoms with Gasteiger partial charge in [0.05, 0.1) is 12.0 Å². The quantitative estimate of drug-likeness (QED) is 0.572. The standard InChI is InChI=1S/C27H42O4/c1-16(6-5-7-17(2)25(30)31)20-8-9-21-24-22(11-13-27(20,21)4)26(3)12-10-19(28)14-18(26)15-23(24)29/h15-17,19-22,24,28H,5-14H2,1-4H3,(H,30,31)/t16-,17+,19+,20-,21+,22+,24+,26+,27-/m1/s1. The van der Waals surface area contributed by atoms with Crippen molar-refractivity contribution in [3.05, 3.63) is 11.6 Å². The predicted octanol–water partition coefficient (Wildman–Crippen LogP) is 5.63. The number of hydrogen-bond donors (Lipinski definition) is 2. The maximum atomic E-state index is 13.4. The van der Waals surface area contributed by atoms with E-state index in [4.69, 9.17) is 5.11 Å². The Kier molecular flexibility index (Phi) is 6.17. The number of carbonyl (C=O) groups excluding carboxylic acids is 1. The molecule has 0 aromatic rings. The average molecular weight is 431 g/mol. The summed E-state index contributed by atoms with van der Waals surface area (Å²) < 4.78 is 0. The monoisotopic (exact) mass is 430 g/mol. The van der Waals surface area contributed by atoms with E-state index in [9.17, 15) is 14.7 Å². The van der Waals surface area contributed by atoms with E-state index in [-0.39, 0.29) is 28.8 Å². The molecule has 0 heterocycles. The maximum Gasteiger partial charge on any atom is 0.306 e. The van der Waals surface area contributed by atoms with Crippen LogP contribution in [0, 0.1) is 46.3 Å². The predicted molar refractivity (Wildman–Crippen MR) is 121 cm³/mol. The van der Waals surface area contributed by atoms with Crippen LogP contribution in [0.4, 0.5) is 0 Å². The van der Waals surface area contributed by atoms with Gasteiger partial charge in [-0.3, -0.25) is 9.59 Å². The van der Waals surface area contributed by atoms with Crippen LogP contribution in [0.3, 0.4) is 0 Å². The van der Waals surface area contributed by atoms with E-state index < -0.39 is 5.97 Å². The zero-order valence-electron chi connectivity index (χ0n) is 19.9. The molecule has 0 amide bonds. The van der Waals surface area contributed by atoms with Gasteiger partial charge < -0.3 is 10.2 Å². The van der Waals surface area contributed by atoms with Gasteiger partial charge >= 0.3 is 5.97 Å². The van der Waals surface area contributed by atoms with Crippen molar-refractivity contribution >= 4 is 11.8 Å². The van der Waals surface area contributed by atoms with E-state index in [0.717, 1.165) is 44.9 Å². The molecule has 4 rings (SSSR count). The molecule has 0 aromatic carbocycles. The molecule has 0 spiro atoms. The SMILES string of the molecule is C[C@H](CCC[C@H](C)C(=O)O)[C@H]1CC[C@H]2[C@@H]3C(=O)C=C4C[C@@H](O)CC[C@]4(C)[C@H]3CC[C@]12C. The first-order valence-corrected chi connectivity index (χ1v) is 12.7. The van der Waals surface area contributed by atoms with Gasteiger partial charge in [0.1, 0.15) is 0 Å². The molecule has 4 nitrogen and oxygen atoms in total. The molecule has 4 aliphatic carbocycles. The molecule has 2 N–H and O–H groups in total. The van der Waals surface area contributed by atoms with Gasteiger partial charge in [-0.2, -0.15) is 0 Å². The zero-order valence-corrected chi connectivity index (χ0v) is 19.9. The zero-order chi connectivity index (χ0) is 22.6. The molecule has 0 aromatic heterocycles. The number of rotatable bonds is 6. The summed E-state index contributed by atoms with van der Waals surface area (Å²) in [5.74, 6) is 1.69. The Morgan fingerprint density at radius 1 is 1.10 bits per heavy atom. The van der Waals surface area contributed by atoms with Crippen molar-refractivity contribution in [2.45, 2.75) is 98.0 Å². The third-order valence-corrected chi connectivity index (χ3v) is 10.4. The van der Waals surface area contributed by atoms with Crippen LogP contribution in [-0.2, 0) is 9.59 Å². The van der Waals surface area contributed by atoms with Crippen LogP contribution in [-0.4, -0.2) is 28.1 Å². The van der Waals surface area contributed by atoms with Gasteiger partial charge in [0.2, 0.25) is 0 Å². The number of aliphatic hydroxyl groups is 1. The summed E-state index contributed by atoms with van der Waals surface area (Å²) in [6.45, 7) is 9.00. The number of hydrogen-bond acceptors (Lipinski definition) is 3. The van der Waals surface area contributed by atoms with Gasteiger partial charge in [0, 0.05) is 5.92 Å². The Morgan fingerprint density at radius 3 is 2.55 bits per heavy atom. The molecular weight excluding hydrogens is 388 g/mol. The van der Waals surface area contributed by atoms with Gasteiger partial charge in [-0.05, 0) is 91.9 Å². The molecule has 0 radical (unpaired) electrons. The maximum absolute atomic E-state index is 13.4. The fourth-order valence-corrected chi connectivity index (χ4v) is 8.43. The lowest BCUT2D eigenvalue weighted by Crippen LogP contribution is -2.53. The smallest absolute Gasteiger partial charge is 0.306 e. The summed E-state index contributed by atoms with van der Waals surface area (Å²) >= 11 is 0. The summed E-state index contributed by atoms with van der Waals surface area (Å²) in [6.07, 6.45) is 11.7.